The Bertz CT molecular complexity index is 1340. The summed E-state index contributed by atoms with van der Waals surface area (Å²) in [4.78, 5) is 27.2. The molecule has 0 radical (unpaired) electrons. The quantitative estimate of drug-likeness (QED) is 0.365. The first-order chi connectivity index (χ1) is 19.2. The van der Waals surface area contributed by atoms with Crippen LogP contribution in [0.3, 0.4) is 0 Å². The third-order valence-electron chi connectivity index (χ3n) is 5.59. The Morgan fingerprint density at radius 2 is 1.78 bits per heavy atom. The van der Waals surface area contributed by atoms with E-state index in [1.54, 1.807) is 11.9 Å². The summed E-state index contributed by atoms with van der Waals surface area (Å²) in [5, 5.41) is 10.4. The van der Waals surface area contributed by atoms with E-state index in [1.165, 1.54) is 32.4 Å². The molecule has 2 N–H and O–H groups in total. The molecule has 0 spiro atoms. The number of aliphatic imine (C=N–C) groups is 1. The predicted octanol–water partition coefficient (Wildman–Crippen LogP) is 2.63. The fraction of sp³-hybridized carbons (Fsp3) is 0.400. The lowest BCUT2D eigenvalue weighted by Crippen LogP contribution is -2.33. The van der Waals surface area contributed by atoms with Gasteiger partial charge in [0.05, 0.1) is 25.3 Å². The van der Waals surface area contributed by atoms with Crippen molar-refractivity contribution in [1.82, 2.24) is 14.5 Å². The summed E-state index contributed by atoms with van der Waals surface area (Å²) in [6.07, 6.45) is -5.08. The van der Waals surface area contributed by atoms with Crippen molar-refractivity contribution >= 4 is 39.3 Å². The first-order valence-electron chi connectivity index (χ1n) is 12.0. The van der Waals surface area contributed by atoms with Crippen molar-refractivity contribution in [3.63, 3.8) is 0 Å². The molecule has 1 aliphatic heterocycles. The van der Waals surface area contributed by atoms with Gasteiger partial charge in [0.1, 0.15) is 23.1 Å². The van der Waals surface area contributed by atoms with Crippen LogP contribution < -0.4 is 10.1 Å². The number of amidine groups is 1. The number of carboxylic acid groups (broad SMARTS) is 1. The standard InChI is InChI=1S/C23H29ClN4O5S.C2HF3O2/c1-27(15-17-4-6-18(7-5-17)23-25-10-11-26-23)22(29)16-33-13-12-28(2)34(30,31)21-9-8-19(32-3)14-20(21)24;3-2(4,5)1(6)7/h4-9,14H,10-13,15-16H2,1-3H3,(H,25,26);(H,6,7). The highest BCUT2D eigenvalue weighted by Gasteiger charge is 2.38. The molecular weight excluding hydrogens is 593 g/mol. The molecule has 0 saturated carbocycles. The molecule has 226 valence electrons. The van der Waals surface area contributed by atoms with E-state index in [1.807, 2.05) is 24.3 Å². The van der Waals surface area contributed by atoms with Crippen molar-refractivity contribution < 1.29 is 45.8 Å². The Labute approximate surface area is 240 Å². The number of nitrogens with one attached hydrogen (secondary N) is 1. The monoisotopic (exact) mass is 622 g/mol. The van der Waals surface area contributed by atoms with Gasteiger partial charge in [-0.05, 0) is 17.7 Å². The topological polar surface area (TPSA) is 138 Å². The summed E-state index contributed by atoms with van der Waals surface area (Å²) in [5.74, 6) is -1.60. The third-order valence-corrected chi connectivity index (χ3v) is 7.93. The number of benzene rings is 2. The van der Waals surface area contributed by atoms with Gasteiger partial charge in [0.15, 0.2) is 0 Å². The number of hydrogen-bond donors (Lipinski definition) is 2. The summed E-state index contributed by atoms with van der Waals surface area (Å²) in [6, 6.07) is 12.3. The maximum Gasteiger partial charge on any atom is 0.490 e. The average molecular weight is 623 g/mol. The second-order valence-electron chi connectivity index (χ2n) is 8.58. The number of carbonyl (C=O) groups is 2. The van der Waals surface area contributed by atoms with Crippen LogP contribution in [0.15, 0.2) is 52.4 Å². The Morgan fingerprint density at radius 3 is 2.29 bits per heavy atom. The van der Waals surface area contributed by atoms with Gasteiger partial charge in [-0.15, -0.1) is 0 Å². The van der Waals surface area contributed by atoms with Gasteiger partial charge in [0.25, 0.3) is 0 Å². The summed E-state index contributed by atoms with van der Waals surface area (Å²) in [6.45, 7) is 2.06. The Kier molecular flexibility index (Phi) is 12.4. The Hall–Kier alpha value is -3.40. The number of nitrogens with zero attached hydrogens (tertiary/aromatic N) is 3. The third kappa shape index (κ3) is 10.2. The lowest BCUT2D eigenvalue weighted by Gasteiger charge is -2.20. The van der Waals surface area contributed by atoms with E-state index in [2.05, 4.69) is 10.3 Å². The van der Waals surface area contributed by atoms with Gasteiger partial charge >= 0.3 is 12.1 Å². The zero-order chi connectivity index (χ0) is 30.8. The highest BCUT2D eigenvalue weighted by atomic mass is 35.5. The molecule has 0 atom stereocenters. The molecule has 1 heterocycles. The Morgan fingerprint density at radius 1 is 1.15 bits per heavy atom. The summed E-state index contributed by atoms with van der Waals surface area (Å²) >= 11 is 6.11. The number of hydrogen-bond acceptors (Lipinski definition) is 8. The SMILES string of the molecule is COc1ccc(S(=O)(=O)N(C)CCOCC(=O)N(C)Cc2ccc(C3=NCCN3)cc2)c(Cl)c1.O=C(O)C(F)(F)F. The molecule has 2 aromatic rings. The number of alkyl halides is 3. The maximum absolute atomic E-state index is 12.8. The number of rotatable bonds is 11. The number of ether oxygens (including phenoxy) is 2. The first kappa shape index (κ1) is 33.8. The van der Waals surface area contributed by atoms with Crippen LogP contribution in [0.4, 0.5) is 13.2 Å². The van der Waals surface area contributed by atoms with Crippen molar-refractivity contribution in [2.24, 2.45) is 4.99 Å². The van der Waals surface area contributed by atoms with Crippen LogP contribution in [-0.2, 0) is 30.9 Å². The molecule has 1 amide bonds. The van der Waals surface area contributed by atoms with Crippen LogP contribution in [0.5, 0.6) is 5.75 Å². The average Bonchev–Trinajstić information content (AvgIpc) is 3.46. The van der Waals surface area contributed by atoms with Crippen LogP contribution in [0.2, 0.25) is 5.02 Å². The van der Waals surface area contributed by atoms with Crippen molar-refractivity contribution in [1.29, 1.82) is 0 Å². The maximum atomic E-state index is 12.8. The van der Waals surface area contributed by atoms with Gasteiger partial charge in [-0.2, -0.15) is 17.5 Å². The number of halogens is 4. The highest BCUT2D eigenvalue weighted by Crippen LogP contribution is 2.28. The molecule has 2 aromatic carbocycles. The van der Waals surface area contributed by atoms with Crippen molar-refractivity contribution in [2.45, 2.75) is 17.6 Å². The predicted molar refractivity (Wildman–Crippen MR) is 145 cm³/mol. The summed E-state index contributed by atoms with van der Waals surface area (Å²) in [7, 11) is 0.803. The minimum absolute atomic E-state index is 0.0184. The zero-order valence-corrected chi connectivity index (χ0v) is 24.0. The Balaban J connectivity index is 0.000000745. The van der Waals surface area contributed by atoms with E-state index in [0.29, 0.717) is 12.3 Å². The fourth-order valence-electron chi connectivity index (χ4n) is 3.29. The fourth-order valence-corrected chi connectivity index (χ4v) is 4.95. The molecule has 0 unspecified atom stereocenters. The molecule has 1 aliphatic rings. The van der Waals surface area contributed by atoms with E-state index in [0.717, 1.165) is 34.4 Å². The van der Waals surface area contributed by atoms with Gasteiger partial charge in [0.2, 0.25) is 15.9 Å². The van der Waals surface area contributed by atoms with Crippen LogP contribution in [0.25, 0.3) is 0 Å². The number of methoxy groups -OCH3 is 1. The van der Waals surface area contributed by atoms with Crippen LogP contribution in [0.1, 0.15) is 11.1 Å². The number of carbonyl (C=O) groups excluding carboxylic acids is 1. The van der Waals surface area contributed by atoms with Crippen LogP contribution >= 0.6 is 11.6 Å². The summed E-state index contributed by atoms with van der Waals surface area (Å²) in [5.41, 5.74) is 2.01. The first-order valence-corrected chi connectivity index (χ1v) is 13.8. The number of amides is 1. The number of likely N-dealkylation sites (N-methyl/N-ethyl adjacent to an activating group) is 2. The molecule has 0 aliphatic carbocycles. The molecule has 16 heteroatoms. The van der Waals surface area contributed by atoms with Crippen molar-refractivity contribution in [3.05, 3.63) is 58.6 Å². The van der Waals surface area contributed by atoms with E-state index >= 15 is 0 Å². The highest BCUT2D eigenvalue weighted by molar-refractivity contribution is 7.89. The van der Waals surface area contributed by atoms with E-state index in [4.69, 9.17) is 31.0 Å². The van der Waals surface area contributed by atoms with Crippen molar-refractivity contribution in [2.75, 3.05) is 54.1 Å². The molecule has 3 rings (SSSR count). The molecule has 0 bridgehead atoms. The van der Waals surface area contributed by atoms with Crippen molar-refractivity contribution in [3.8, 4) is 5.75 Å². The molecule has 0 aromatic heterocycles. The number of aliphatic carboxylic acids is 1. The van der Waals surface area contributed by atoms with E-state index in [9.17, 15) is 26.4 Å². The van der Waals surface area contributed by atoms with Gasteiger partial charge in [-0.25, -0.2) is 13.2 Å². The van der Waals surface area contributed by atoms with Gasteiger partial charge in [0, 0.05) is 45.4 Å². The van der Waals surface area contributed by atoms with Crippen LogP contribution in [0, 0.1) is 0 Å². The molecular formula is C25H30ClF3N4O7S. The number of sulfonamides is 1. The minimum Gasteiger partial charge on any atom is -0.497 e. The van der Waals surface area contributed by atoms with Gasteiger partial charge < -0.3 is 24.8 Å². The zero-order valence-electron chi connectivity index (χ0n) is 22.4. The van der Waals surface area contributed by atoms with Crippen LogP contribution in [-0.4, -0.2) is 101 Å². The largest absolute Gasteiger partial charge is 0.497 e. The normalized spacial score (nSPS) is 13.1. The lowest BCUT2D eigenvalue weighted by molar-refractivity contribution is -0.192. The van der Waals surface area contributed by atoms with Gasteiger partial charge in [-0.3, -0.25) is 9.79 Å². The van der Waals surface area contributed by atoms with Gasteiger partial charge in [-0.1, -0.05) is 35.9 Å². The molecule has 11 nitrogen and oxygen atoms in total. The molecule has 0 saturated heterocycles. The van der Waals surface area contributed by atoms with E-state index < -0.39 is 22.2 Å². The van der Waals surface area contributed by atoms with E-state index in [-0.39, 0.29) is 35.6 Å². The number of carboxylic acids is 1. The molecule has 41 heavy (non-hydrogen) atoms. The second kappa shape index (κ2) is 15.0. The lowest BCUT2D eigenvalue weighted by atomic mass is 10.1. The smallest absolute Gasteiger partial charge is 0.490 e. The second-order valence-corrected chi connectivity index (χ2v) is 11.0. The minimum atomic E-state index is -5.08. The molecule has 0 fully saturated rings. The summed E-state index contributed by atoms with van der Waals surface area (Å²) < 4.78 is 68.9.